The molecule has 0 amide bonds. The lowest BCUT2D eigenvalue weighted by Crippen LogP contribution is -2.08. The number of rotatable bonds is 2. The van der Waals surface area contributed by atoms with Gasteiger partial charge in [-0.15, -0.1) is 0 Å². The van der Waals surface area contributed by atoms with Crippen molar-refractivity contribution in [2.45, 2.75) is 13.0 Å². The fraction of sp³-hybridized carbons (Fsp3) is 0.375. The molecule has 2 nitrogen and oxygen atoms in total. The maximum absolute atomic E-state index is 8.81. The van der Waals surface area contributed by atoms with E-state index in [0.717, 1.165) is 4.51 Å². The number of aliphatic hydroxyl groups excluding tert-OH is 1. The summed E-state index contributed by atoms with van der Waals surface area (Å²) < 4.78 is 2.75. The number of pyridine rings is 1. The molecule has 0 radical (unpaired) electrons. The Bertz CT molecular complexity index is 261. The molecule has 1 aromatic rings. The standard InChI is InChI=1S/C8H11NOS/c1-7(6-10)9-4-2-8(11)3-5-9/h2-5,7,10H,6H2,1H3. The first kappa shape index (κ1) is 8.43. The Balaban J connectivity index is 2.89. The molecule has 0 aliphatic rings. The third-order valence-corrected chi connectivity index (χ3v) is 1.87. The van der Waals surface area contributed by atoms with Gasteiger partial charge in [0.1, 0.15) is 0 Å². The van der Waals surface area contributed by atoms with Gasteiger partial charge in [0.15, 0.2) is 0 Å². The summed E-state index contributed by atoms with van der Waals surface area (Å²) in [4.78, 5) is 0. The van der Waals surface area contributed by atoms with Crippen molar-refractivity contribution in [3.63, 3.8) is 0 Å². The smallest absolute Gasteiger partial charge is 0.0636 e. The van der Waals surface area contributed by atoms with Crippen LogP contribution in [0.4, 0.5) is 0 Å². The molecule has 1 N–H and O–H groups in total. The van der Waals surface area contributed by atoms with Crippen molar-refractivity contribution in [2.24, 2.45) is 0 Å². The lowest BCUT2D eigenvalue weighted by Gasteiger charge is -2.11. The molecule has 0 saturated heterocycles. The van der Waals surface area contributed by atoms with E-state index in [4.69, 9.17) is 17.3 Å². The van der Waals surface area contributed by atoms with E-state index in [1.165, 1.54) is 0 Å². The molecule has 0 aliphatic heterocycles. The Morgan fingerprint density at radius 3 is 2.55 bits per heavy atom. The molecule has 0 aromatic carbocycles. The number of hydrogen-bond acceptors (Lipinski definition) is 2. The fourth-order valence-corrected chi connectivity index (χ4v) is 0.934. The summed E-state index contributed by atoms with van der Waals surface area (Å²) in [6, 6.07) is 3.83. The zero-order chi connectivity index (χ0) is 8.27. The molecule has 0 spiro atoms. The van der Waals surface area contributed by atoms with Gasteiger partial charge in [0.25, 0.3) is 0 Å². The van der Waals surface area contributed by atoms with Gasteiger partial charge in [-0.05, 0) is 19.1 Å². The summed E-state index contributed by atoms with van der Waals surface area (Å²) in [7, 11) is 0. The van der Waals surface area contributed by atoms with Crippen LogP contribution in [0, 0.1) is 4.51 Å². The zero-order valence-electron chi connectivity index (χ0n) is 6.40. The van der Waals surface area contributed by atoms with Crippen LogP contribution in [-0.4, -0.2) is 16.3 Å². The summed E-state index contributed by atoms with van der Waals surface area (Å²) in [5.74, 6) is 0. The van der Waals surface area contributed by atoms with E-state index in [2.05, 4.69) is 0 Å². The van der Waals surface area contributed by atoms with Gasteiger partial charge in [0.2, 0.25) is 0 Å². The molecule has 1 rings (SSSR count). The molecule has 0 aliphatic carbocycles. The first-order valence-electron chi connectivity index (χ1n) is 3.52. The zero-order valence-corrected chi connectivity index (χ0v) is 7.21. The van der Waals surface area contributed by atoms with Crippen molar-refractivity contribution in [3.05, 3.63) is 29.0 Å². The van der Waals surface area contributed by atoms with Crippen molar-refractivity contribution in [2.75, 3.05) is 6.61 Å². The van der Waals surface area contributed by atoms with Crippen LogP contribution in [0.2, 0.25) is 0 Å². The Morgan fingerprint density at radius 1 is 1.55 bits per heavy atom. The fourth-order valence-electron chi connectivity index (χ4n) is 0.812. The first-order valence-corrected chi connectivity index (χ1v) is 3.93. The Kier molecular flexibility index (Phi) is 2.79. The highest BCUT2D eigenvalue weighted by Gasteiger charge is 1.97. The number of aromatic nitrogens is 1. The highest BCUT2D eigenvalue weighted by Crippen LogP contribution is 2.03. The second kappa shape index (κ2) is 3.64. The summed E-state index contributed by atoms with van der Waals surface area (Å²) >= 11 is 4.92. The van der Waals surface area contributed by atoms with Crippen LogP contribution in [-0.2, 0) is 0 Å². The van der Waals surface area contributed by atoms with Crippen molar-refractivity contribution >= 4 is 12.2 Å². The number of nitrogens with zero attached hydrogens (tertiary/aromatic N) is 1. The maximum Gasteiger partial charge on any atom is 0.0636 e. The number of hydrogen-bond donors (Lipinski definition) is 1. The summed E-state index contributed by atoms with van der Waals surface area (Å²) in [6.07, 6.45) is 3.76. The minimum atomic E-state index is 0.130. The second-order valence-electron chi connectivity index (χ2n) is 2.51. The third-order valence-electron chi connectivity index (χ3n) is 1.60. The minimum absolute atomic E-state index is 0.130. The molecule has 0 fully saturated rings. The molecule has 0 bridgehead atoms. The van der Waals surface area contributed by atoms with Gasteiger partial charge in [-0.25, -0.2) is 0 Å². The molecule has 60 valence electrons. The average Bonchev–Trinajstić information content (AvgIpc) is 2.05. The predicted molar refractivity (Wildman–Crippen MR) is 47.1 cm³/mol. The van der Waals surface area contributed by atoms with E-state index in [-0.39, 0.29) is 12.6 Å². The van der Waals surface area contributed by atoms with Crippen LogP contribution in [0.25, 0.3) is 0 Å². The van der Waals surface area contributed by atoms with E-state index >= 15 is 0 Å². The summed E-state index contributed by atoms with van der Waals surface area (Å²) in [5.41, 5.74) is 0. The van der Waals surface area contributed by atoms with Crippen LogP contribution in [0.1, 0.15) is 13.0 Å². The lowest BCUT2D eigenvalue weighted by atomic mass is 10.3. The largest absolute Gasteiger partial charge is 0.394 e. The van der Waals surface area contributed by atoms with Gasteiger partial charge >= 0.3 is 0 Å². The van der Waals surface area contributed by atoms with Gasteiger partial charge in [-0.2, -0.15) is 0 Å². The normalized spacial score (nSPS) is 12.9. The van der Waals surface area contributed by atoms with Crippen LogP contribution >= 0.6 is 12.2 Å². The average molecular weight is 169 g/mol. The van der Waals surface area contributed by atoms with Crippen molar-refractivity contribution in [1.29, 1.82) is 0 Å². The van der Waals surface area contributed by atoms with E-state index in [1.54, 1.807) is 0 Å². The SMILES string of the molecule is CC(CO)n1ccc(=S)cc1. The van der Waals surface area contributed by atoms with Gasteiger partial charge in [0, 0.05) is 16.9 Å². The highest BCUT2D eigenvalue weighted by atomic mass is 32.1. The first-order chi connectivity index (χ1) is 5.24. The van der Waals surface area contributed by atoms with Crippen LogP contribution in [0.3, 0.4) is 0 Å². The quantitative estimate of drug-likeness (QED) is 0.682. The van der Waals surface area contributed by atoms with Gasteiger partial charge in [0.05, 0.1) is 12.6 Å². The molecule has 3 heteroatoms. The molecule has 0 saturated carbocycles. The van der Waals surface area contributed by atoms with E-state index < -0.39 is 0 Å². The number of aliphatic hydroxyl groups is 1. The maximum atomic E-state index is 8.81. The van der Waals surface area contributed by atoms with Gasteiger partial charge < -0.3 is 9.67 Å². The topological polar surface area (TPSA) is 25.2 Å². The Morgan fingerprint density at radius 2 is 2.09 bits per heavy atom. The van der Waals surface area contributed by atoms with Crippen LogP contribution < -0.4 is 0 Å². The highest BCUT2D eigenvalue weighted by molar-refractivity contribution is 7.71. The van der Waals surface area contributed by atoms with Crippen LogP contribution in [0.15, 0.2) is 24.5 Å². The Labute approximate surface area is 71.1 Å². The molecule has 1 atom stereocenters. The van der Waals surface area contributed by atoms with E-state index in [1.807, 2.05) is 36.0 Å². The Hall–Kier alpha value is -0.670. The molecular formula is C8H11NOS. The summed E-state index contributed by atoms with van der Waals surface area (Å²) in [5, 5.41) is 8.81. The lowest BCUT2D eigenvalue weighted by molar-refractivity contribution is 0.238. The molecular weight excluding hydrogens is 158 g/mol. The predicted octanol–water partition coefficient (Wildman–Crippen LogP) is 1.77. The van der Waals surface area contributed by atoms with E-state index in [9.17, 15) is 0 Å². The third kappa shape index (κ3) is 2.13. The van der Waals surface area contributed by atoms with E-state index in [0.29, 0.717) is 0 Å². The van der Waals surface area contributed by atoms with Gasteiger partial charge in [-0.3, -0.25) is 0 Å². The van der Waals surface area contributed by atoms with Crippen molar-refractivity contribution in [1.82, 2.24) is 4.57 Å². The van der Waals surface area contributed by atoms with Crippen molar-refractivity contribution < 1.29 is 5.11 Å². The molecule has 1 unspecified atom stereocenters. The minimum Gasteiger partial charge on any atom is -0.394 e. The monoisotopic (exact) mass is 169 g/mol. The molecule has 11 heavy (non-hydrogen) atoms. The van der Waals surface area contributed by atoms with Crippen LogP contribution in [0.5, 0.6) is 0 Å². The van der Waals surface area contributed by atoms with Gasteiger partial charge in [-0.1, -0.05) is 12.2 Å². The summed E-state index contributed by atoms with van der Waals surface area (Å²) in [6.45, 7) is 2.10. The molecule has 1 aromatic heterocycles. The second-order valence-corrected chi connectivity index (χ2v) is 2.98. The molecule has 1 heterocycles. The van der Waals surface area contributed by atoms with Crippen molar-refractivity contribution in [3.8, 4) is 0 Å².